The molecule has 0 amide bonds. The Bertz CT molecular complexity index is 608. The minimum absolute atomic E-state index is 0.375. The Hall–Kier alpha value is -2.19. The summed E-state index contributed by atoms with van der Waals surface area (Å²) < 4.78 is 5.15. The summed E-state index contributed by atoms with van der Waals surface area (Å²) in [6.07, 6.45) is 3.72. The van der Waals surface area contributed by atoms with E-state index in [2.05, 4.69) is 21.0 Å². The lowest BCUT2D eigenvalue weighted by atomic mass is 9.86. The van der Waals surface area contributed by atoms with Gasteiger partial charge in [0.05, 0.1) is 25.0 Å². The molecule has 0 bridgehead atoms. The monoisotopic (exact) mass is 240 g/mol. The summed E-state index contributed by atoms with van der Waals surface area (Å²) in [5, 5.41) is 9.29. The van der Waals surface area contributed by atoms with Gasteiger partial charge in [0.2, 0.25) is 0 Å². The van der Waals surface area contributed by atoms with Gasteiger partial charge < -0.3 is 9.72 Å². The van der Waals surface area contributed by atoms with E-state index < -0.39 is 5.41 Å². The highest BCUT2D eigenvalue weighted by atomic mass is 16.5. The van der Waals surface area contributed by atoms with Gasteiger partial charge in [0.1, 0.15) is 0 Å². The van der Waals surface area contributed by atoms with Gasteiger partial charge in [0.15, 0.2) is 11.2 Å². The summed E-state index contributed by atoms with van der Waals surface area (Å²) in [5.41, 5.74) is 2.02. The lowest BCUT2D eigenvalue weighted by Crippen LogP contribution is -2.47. The van der Waals surface area contributed by atoms with Crippen LogP contribution in [0.3, 0.4) is 0 Å². The van der Waals surface area contributed by atoms with E-state index in [9.17, 15) is 5.26 Å². The molecule has 2 aromatic heterocycles. The molecule has 1 aliphatic heterocycles. The molecule has 3 rings (SSSR count). The van der Waals surface area contributed by atoms with Crippen molar-refractivity contribution in [2.24, 2.45) is 0 Å². The fourth-order valence-electron chi connectivity index (χ4n) is 1.96. The van der Waals surface area contributed by atoms with E-state index in [4.69, 9.17) is 4.74 Å². The van der Waals surface area contributed by atoms with Crippen LogP contribution in [0.5, 0.6) is 0 Å². The molecular formula is C13H12N4O. The summed E-state index contributed by atoms with van der Waals surface area (Å²) in [7, 11) is 0. The van der Waals surface area contributed by atoms with Gasteiger partial charge in [-0.1, -0.05) is 0 Å². The fourth-order valence-corrected chi connectivity index (χ4v) is 1.96. The number of nitrogens with zero attached hydrogens (tertiary/aromatic N) is 3. The topological polar surface area (TPSA) is 74.6 Å². The SMILES string of the molecule is Cc1cc(-c2cc[nH]c2)nc(C2(C#N)COC2)n1. The molecule has 0 aromatic carbocycles. The first-order valence-electron chi connectivity index (χ1n) is 5.72. The van der Waals surface area contributed by atoms with Crippen molar-refractivity contribution in [1.82, 2.24) is 15.0 Å². The van der Waals surface area contributed by atoms with E-state index in [0.717, 1.165) is 17.0 Å². The number of aromatic nitrogens is 3. The second-order valence-corrected chi connectivity index (χ2v) is 4.50. The summed E-state index contributed by atoms with van der Waals surface area (Å²) >= 11 is 0. The molecule has 0 aliphatic carbocycles. The molecule has 0 radical (unpaired) electrons. The lowest BCUT2D eigenvalue weighted by Gasteiger charge is -2.33. The van der Waals surface area contributed by atoms with E-state index >= 15 is 0 Å². The maximum absolute atomic E-state index is 9.29. The molecule has 5 nitrogen and oxygen atoms in total. The van der Waals surface area contributed by atoms with E-state index in [0.29, 0.717) is 19.0 Å². The average Bonchev–Trinajstić information content (AvgIpc) is 2.81. The van der Waals surface area contributed by atoms with Crippen molar-refractivity contribution in [2.75, 3.05) is 13.2 Å². The van der Waals surface area contributed by atoms with Crippen LogP contribution in [0.1, 0.15) is 11.5 Å². The third-order valence-corrected chi connectivity index (χ3v) is 3.09. The van der Waals surface area contributed by atoms with Gasteiger partial charge in [-0.3, -0.25) is 0 Å². The third kappa shape index (κ3) is 1.59. The number of hydrogen-bond donors (Lipinski definition) is 1. The zero-order valence-electron chi connectivity index (χ0n) is 9.97. The molecule has 3 heterocycles. The van der Waals surface area contributed by atoms with Crippen LogP contribution in [-0.2, 0) is 10.2 Å². The van der Waals surface area contributed by atoms with E-state index in [1.807, 2.05) is 31.5 Å². The van der Waals surface area contributed by atoms with Gasteiger partial charge in [-0.05, 0) is 19.1 Å². The molecular weight excluding hydrogens is 228 g/mol. The number of aromatic amines is 1. The zero-order chi connectivity index (χ0) is 12.6. The van der Waals surface area contributed by atoms with Crippen molar-refractivity contribution in [3.8, 4) is 17.3 Å². The van der Waals surface area contributed by atoms with Gasteiger partial charge in [-0.25, -0.2) is 9.97 Å². The molecule has 1 fully saturated rings. The number of H-pyrrole nitrogens is 1. The molecule has 0 saturated carbocycles. The normalized spacial score (nSPS) is 16.9. The van der Waals surface area contributed by atoms with Gasteiger partial charge in [-0.15, -0.1) is 0 Å². The Morgan fingerprint density at radius 2 is 2.28 bits per heavy atom. The Morgan fingerprint density at radius 3 is 2.83 bits per heavy atom. The smallest absolute Gasteiger partial charge is 0.163 e. The quantitative estimate of drug-likeness (QED) is 0.864. The second-order valence-electron chi connectivity index (χ2n) is 4.50. The Balaban J connectivity index is 2.10. The predicted molar refractivity (Wildman–Crippen MR) is 64.7 cm³/mol. The first kappa shape index (κ1) is 10.9. The van der Waals surface area contributed by atoms with Crippen LogP contribution in [0.4, 0.5) is 0 Å². The summed E-state index contributed by atoms with van der Waals surface area (Å²) in [5.74, 6) is 0.562. The van der Waals surface area contributed by atoms with Crippen molar-refractivity contribution in [1.29, 1.82) is 5.26 Å². The molecule has 0 atom stereocenters. The number of nitriles is 1. The number of hydrogen-bond acceptors (Lipinski definition) is 4. The van der Waals surface area contributed by atoms with Crippen LogP contribution in [0.2, 0.25) is 0 Å². The van der Waals surface area contributed by atoms with Crippen LogP contribution >= 0.6 is 0 Å². The minimum atomic E-state index is -0.670. The van der Waals surface area contributed by atoms with Gasteiger partial charge in [-0.2, -0.15) is 5.26 Å². The number of nitrogens with one attached hydrogen (secondary N) is 1. The number of aryl methyl sites for hydroxylation is 1. The average molecular weight is 240 g/mol. The first-order valence-corrected chi connectivity index (χ1v) is 5.72. The maximum Gasteiger partial charge on any atom is 0.163 e. The van der Waals surface area contributed by atoms with E-state index in [1.54, 1.807) is 0 Å². The van der Waals surface area contributed by atoms with Crippen molar-refractivity contribution in [2.45, 2.75) is 12.3 Å². The fraction of sp³-hybridized carbons (Fsp3) is 0.308. The summed E-state index contributed by atoms with van der Waals surface area (Å²) in [6.45, 7) is 2.66. The van der Waals surface area contributed by atoms with Crippen LogP contribution in [0.25, 0.3) is 11.3 Å². The summed E-state index contributed by atoms with van der Waals surface area (Å²) in [6, 6.07) is 6.13. The molecule has 1 N–H and O–H groups in total. The molecule has 0 spiro atoms. The lowest BCUT2D eigenvalue weighted by molar-refractivity contribution is -0.0339. The molecule has 1 saturated heterocycles. The number of rotatable bonds is 2. The summed E-state index contributed by atoms with van der Waals surface area (Å²) in [4.78, 5) is 11.9. The van der Waals surface area contributed by atoms with Crippen LogP contribution in [0.15, 0.2) is 24.5 Å². The number of ether oxygens (including phenoxy) is 1. The van der Waals surface area contributed by atoms with Gasteiger partial charge >= 0.3 is 0 Å². The molecule has 18 heavy (non-hydrogen) atoms. The predicted octanol–water partition coefficient (Wildman–Crippen LogP) is 1.57. The standard InChI is InChI=1S/C13H12N4O/c1-9-4-11(10-2-3-15-5-10)17-12(16-9)13(6-14)7-18-8-13/h2-5,15H,7-8H2,1H3. The van der Waals surface area contributed by atoms with Crippen molar-refractivity contribution in [3.05, 3.63) is 36.0 Å². The van der Waals surface area contributed by atoms with Crippen LogP contribution < -0.4 is 0 Å². The van der Waals surface area contributed by atoms with E-state index in [1.165, 1.54) is 0 Å². The minimum Gasteiger partial charge on any atom is -0.377 e. The molecule has 0 unspecified atom stereocenters. The second kappa shape index (κ2) is 3.93. The largest absolute Gasteiger partial charge is 0.377 e. The molecule has 2 aromatic rings. The van der Waals surface area contributed by atoms with Crippen LogP contribution in [0, 0.1) is 18.3 Å². The maximum atomic E-state index is 9.29. The highest BCUT2D eigenvalue weighted by Gasteiger charge is 2.44. The highest BCUT2D eigenvalue weighted by Crippen LogP contribution is 2.30. The molecule has 1 aliphatic rings. The van der Waals surface area contributed by atoms with E-state index in [-0.39, 0.29) is 0 Å². The Morgan fingerprint density at radius 1 is 1.44 bits per heavy atom. The van der Waals surface area contributed by atoms with Gasteiger partial charge in [0.25, 0.3) is 0 Å². The Labute approximate surface area is 104 Å². The van der Waals surface area contributed by atoms with Crippen molar-refractivity contribution >= 4 is 0 Å². The van der Waals surface area contributed by atoms with Crippen molar-refractivity contribution < 1.29 is 4.74 Å². The highest BCUT2D eigenvalue weighted by molar-refractivity contribution is 5.58. The molecule has 90 valence electrons. The van der Waals surface area contributed by atoms with Gasteiger partial charge in [0, 0.05) is 23.7 Å². The Kier molecular flexibility index (Phi) is 2.39. The molecule has 5 heteroatoms. The van der Waals surface area contributed by atoms with Crippen LogP contribution in [-0.4, -0.2) is 28.2 Å². The van der Waals surface area contributed by atoms with Crippen molar-refractivity contribution in [3.63, 3.8) is 0 Å². The third-order valence-electron chi connectivity index (χ3n) is 3.09. The first-order chi connectivity index (χ1) is 8.73. The zero-order valence-corrected chi connectivity index (χ0v) is 9.97.